The lowest BCUT2D eigenvalue weighted by Gasteiger charge is -2.10. The van der Waals surface area contributed by atoms with E-state index < -0.39 is 22.8 Å². The largest absolute Gasteiger partial charge is 0.609 e. The van der Waals surface area contributed by atoms with Crippen LogP contribution in [0.25, 0.3) is 0 Å². The van der Waals surface area contributed by atoms with Crippen molar-refractivity contribution >= 4 is 22.8 Å². The zero-order valence-electron chi connectivity index (χ0n) is 12.0. The zero-order valence-corrected chi connectivity index (χ0v) is 12.8. The number of ketones is 1. The molecule has 0 bridgehead atoms. The highest BCUT2D eigenvalue weighted by Gasteiger charge is 2.24. The van der Waals surface area contributed by atoms with Crippen LogP contribution in [0.4, 0.5) is 10.2 Å². The Hall–Kier alpha value is -2.19. The molecule has 0 aliphatic carbocycles. The SMILES string of the molecule is CC[S+]([O-])c1ncc(C(=O)c2c(F)cccc2OC)c(N)n1. The lowest BCUT2D eigenvalue weighted by atomic mass is 10.0. The summed E-state index contributed by atoms with van der Waals surface area (Å²) in [4.78, 5) is 20.2. The minimum Gasteiger partial charge on any atom is -0.609 e. The molecule has 6 nitrogen and oxygen atoms in total. The summed E-state index contributed by atoms with van der Waals surface area (Å²) < 4.78 is 30.6. The van der Waals surface area contributed by atoms with Crippen molar-refractivity contribution in [3.05, 3.63) is 41.3 Å². The van der Waals surface area contributed by atoms with Crippen molar-refractivity contribution in [2.45, 2.75) is 12.1 Å². The van der Waals surface area contributed by atoms with Crippen molar-refractivity contribution < 1.29 is 18.5 Å². The van der Waals surface area contributed by atoms with Crippen molar-refractivity contribution in [1.29, 1.82) is 0 Å². The standard InChI is InChI=1S/C14H14FN3O3S/c1-3-22(20)14-17-7-8(13(16)18-14)12(19)11-9(15)5-4-6-10(11)21-2/h4-7H,3H2,1-2H3,(H2,16,17,18). The van der Waals surface area contributed by atoms with E-state index >= 15 is 0 Å². The van der Waals surface area contributed by atoms with Gasteiger partial charge in [-0.15, -0.1) is 0 Å². The molecule has 1 unspecified atom stereocenters. The first-order valence-corrected chi connectivity index (χ1v) is 7.69. The third kappa shape index (κ3) is 3.02. The van der Waals surface area contributed by atoms with E-state index in [4.69, 9.17) is 10.5 Å². The minimum atomic E-state index is -1.39. The molecule has 1 heterocycles. The summed E-state index contributed by atoms with van der Waals surface area (Å²) in [7, 11) is 1.33. The van der Waals surface area contributed by atoms with Crippen LogP contribution in [0.2, 0.25) is 0 Å². The van der Waals surface area contributed by atoms with Gasteiger partial charge < -0.3 is 15.0 Å². The topological polar surface area (TPSA) is 101 Å². The van der Waals surface area contributed by atoms with Crippen LogP contribution in [-0.2, 0) is 11.2 Å². The number of rotatable bonds is 5. The van der Waals surface area contributed by atoms with E-state index in [-0.39, 0.29) is 27.9 Å². The van der Waals surface area contributed by atoms with Gasteiger partial charge in [0.25, 0.3) is 0 Å². The van der Waals surface area contributed by atoms with Gasteiger partial charge in [0.15, 0.2) is 0 Å². The molecule has 0 amide bonds. The van der Waals surface area contributed by atoms with Gasteiger partial charge in [-0.2, -0.15) is 9.97 Å². The van der Waals surface area contributed by atoms with Crippen LogP contribution >= 0.6 is 0 Å². The van der Waals surface area contributed by atoms with Crippen molar-refractivity contribution in [3.63, 3.8) is 0 Å². The monoisotopic (exact) mass is 323 g/mol. The number of benzene rings is 1. The molecule has 1 aromatic carbocycles. The Morgan fingerprint density at radius 3 is 2.82 bits per heavy atom. The fourth-order valence-corrected chi connectivity index (χ4v) is 2.45. The van der Waals surface area contributed by atoms with Crippen molar-refractivity contribution in [3.8, 4) is 5.75 Å². The molecule has 1 atom stereocenters. The predicted octanol–water partition coefficient (Wildman–Crippen LogP) is 1.56. The molecule has 0 saturated carbocycles. The van der Waals surface area contributed by atoms with Crippen LogP contribution in [0.15, 0.2) is 29.6 Å². The summed E-state index contributed by atoms with van der Waals surface area (Å²) in [5, 5.41) is 0.0389. The number of nitrogens with two attached hydrogens (primary N) is 1. The first kappa shape index (κ1) is 16.2. The second-order valence-electron chi connectivity index (χ2n) is 4.23. The molecule has 8 heteroatoms. The molecule has 22 heavy (non-hydrogen) atoms. The molecule has 0 spiro atoms. The molecule has 1 aromatic heterocycles. The number of halogens is 1. The molecule has 116 valence electrons. The molecule has 0 aliphatic heterocycles. The van der Waals surface area contributed by atoms with Crippen LogP contribution in [-0.4, -0.2) is 33.2 Å². The van der Waals surface area contributed by atoms with Gasteiger partial charge in [-0.25, -0.2) is 4.39 Å². The van der Waals surface area contributed by atoms with E-state index in [1.165, 1.54) is 19.2 Å². The Balaban J connectivity index is 2.47. The smallest absolute Gasteiger partial charge is 0.344 e. The van der Waals surface area contributed by atoms with E-state index in [9.17, 15) is 13.7 Å². The fraction of sp³-hybridized carbons (Fsp3) is 0.214. The Labute approximate surface area is 129 Å². The molecule has 2 N–H and O–H groups in total. The van der Waals surface area contributed by atoms with E-state index in [0.29, 0.717) is 5.75 Å². The maximum atomic E-state index is 13.9. The number of nitrogen functional groups attached to an aromatic ring is 1. The minimum absolute atomic E-state index is 0.0389. The van der Waals surface area contributed by atoms with Crippen LogP contribution < -0.4 is 10.5 Å². The summed E-state index contributed by atoms with van der Waals surface area (Å²) in [5.74, 6) is -1.16. The number of methoxy groups -OCH3 is 1. The summed E-state index contributed by atoms with van der Waals surface area (Å²) in [6.45, 7) is 1.71. The molecular formula is C14H14FN3O3S. The maximum absolute atomic E-state index is 13.9. The summed E-state index contributed by atoms with van der Waals surface area (Å²) in [6.07, 6.45) is 1.15. The highest BCUT2D eigenvalue weighted by atomic mass is 32.2. The van der Waals surface area contributed by atoms with Gasteiger partial charge in [-0.05, 0) is 19.1 Å². The average molecular weight is 323 g/mol. The second kappa shape index (κ2) is 6.71. The van der Waals surface area contributed by atoms with Crippen LogP contribution in [0, 0.1) is 5.82 Å². The van der Waals surface area contributed by atoms with Crippen LogP contribution in [0.1, 0.15) is 22.8 Å². The Kier molecular flexibility index (Phi) is 4.94. The zero-order chi connectivity index (χ0) is 16.3. The maximum Gasteiger partial charge on any atom is 0.344 e. The summed E-state index contributed by atoms with van der Waals surface area (Å²) in [5.41, 5.74) is 5.41. The van der Waals surface area contributed by atoms with Gasteiger partial charge in [0.05, 0.1) is 12.7 Å². The van der Waals surface area contributed by atoms with Gasteiger partial charge in [0.1, 0.15) is 28.7 Å². The highest BCUT2D eigenvalue weighted by molar-refractivity contribution is 7.91. The average Bonchev–Trinajstić information content (AvgIpc) is 2.53. The number of carbonyl (C=O) groups is 1. The van der Waals surface area contributed by atoms with Gasteiger partial charge in [0, 0.05) is 17.4 Å². The van der Waals surface area contributed by atoms with Gasteiger partial charge in [-0.1, -0.05) is 6.07 Å². The first-order valence-electron chi connectivity index (χ1n) is 6.37. The number of anilines is 1. The number of hydrogen-bond donors (Lipinski definition) is 1. The van der Waals surface area contributed by atoms with E-state index in [1.807, 2.05) is 0 Å². The number of nitrogens with zero attached hydrogens (tertiary/aromatic N) is 2. The fourth-order valence-electron chi connectivity index (χ4n) is 1.82. The lowest BCUT2D eigenvalue weighted by molar-refractivity contribution is 0.103. The van der Waals surface area contributed by atoms with E-state index in [0.717, 1.165) is 12.3 Å². The van der Waals surface area contributed by atoms with Crippen LogP contribution in [0.5, 0.6) is 5.75 Å². The predicted molar refractivity (Wildman–Crippen MR) is 79.8 cm³/mol. The lowest BCUT2D eigenvalue weighted by Crippen LogP contribution is -2.15. The number of ether oxygens (including phenoxy) is 1. The number of carbonyl (C=O) groups excluding carboxylic acids is 1. The Bertz CT molecular complexity index is 712. The summed E-state index contributed by atoms with van der Waals surface area (Å²) in [6, 6.07) is 4.04. The normalized spacial score (nSPS) is 12.0. The van der Waals surface area contributed by atoms with E-state index in [1.54, 1.807) is 6.92 Å². The van der Waals surface area contributed by atoms with Gasteiger partial charge in [0.2, 0.25) is 5.78 Å². The number of aromatic nitrogens is 2. The van der Waals surface area contributed by atoms with Crippen molar-refractivity contribution in [2.24, 2.45) is 0 Å². The molecule has 2 aromatic rings. The third-order valence-electron chi connectivity index (χ3n) is 2.93. The van der Waals surface area contributed by atoms with Gasteiger partial charge >= 0.3 is 5.16 Å². The van der Waals surface area contributed by atoms with Crippen LogP contribution in [0.3, 0.4) is 0 Å². The second-order valence-corrected chi connectivity index (χ2v) is 5.87. The molecule has 0 aliphatic rings. The first-order chi connectivity index (χ1) is 10.5. The quantitative estimate of drug-likeness (QED) is 0.509. The molecule has 2 rings (SSSR count). The highest BCUT2D eigenvalue weighted by Crippen LogP contribution is 2.26. The molecular weight excluding hydrogens is 309 g/mol. The Morgan fingerprint density at radius 2 is 2.23 bits per heavy atom. The summed E-state index contributed by atoms with van der Waals surface area (Å²) >= 11 is -1.39. The Morgan fingerprint density at radius 1 is 1.50 bits per heavy atom. The molecule has 0 saturated heterocycles. The van der Waals surface area contributed by atoms with Gasteiger partial charge in [-0.3, -0.25) is 4.79 Å². The number of hydrogen-bond acceptors (Lipinski definition) is 6. The van der Waals surface area contributed by atoms with Crippen molar-refractivity contribution in [1.82, 2.24) is 9.97 Å². The molecule has 0 radical (unpaired) electrons. The third-order valence-corrected chi connectivity index (χ3v) is 4.06. The van der Waals surface area contributed by atoms with Crippen molar-refractivity contribution in [2.75, 3.05) is 18.6 Å². The molecule has 0 fully saturated rings. The van der Waals surface area contributed by atoms with E-state index in [2.05, 4.69) is 9.97 Å².